The van der Waals surface area contributed by atoms with E-state index in [-0.39, 0.29) is 0 Å². The molecule has 1 aromatic rings. The number of aliphatic imine (C=N–C) groups is 1. The molecule has 0 amide bonds. The quantitative estimate of drug-likeness (QED) is 0.510. The Morgan fingerprint density at radius 1 is 1.43 bits per heavy atom. The first-order valence-corrected chi connectivity index (χ1v) is 9.58. The summed E-state index contributed by atoms with van der Waals surface area (Å²) in [5.74, 6) is 2.23. The summed E-state index contributed by atoms with van der Waals surface area (Å²) in [5.41, 5.74) is 2.32. The lowest BCUT2D eigenvalue weighted by Gasteiger charge is -2.39. The lowest BCUT2D eigenvalue weighted by Crippen LogP contribution is -2.51. The maximum Gasteiger partial charge on any atom is 0.193 e. The highest BCUT2D eigenvalue weighted by molar-refractivity contribution is 8.00. The van der Waals surface area contributed by atoms with E-state index in [2.05, 4.69) is 65.5 Å². The Morgan fingerprint density at radius 2 is 2.22 bits per heavy atom. The van der Waals surface area contributed by atoms with Gasteiger partial charge in [0.15, 0.2) is 5.96 Å². The van der Waals surface area contributed by atoms with E-state index in [1.165, 1.54) is 11.4 Å². The highest BCUT2D eigenvalue weighted by Gasteiger charge is 2.28. The second-order valence-electron chi connectivity index (χ2n) is 6.77. The number of nitrogens with zero attached hydrogens (tertiary/aromatic N) is 4. The number of hydrogen-bond acceptors (Lipinski definition) is 3. The van der Waals surface area contributed by atoms with Crippen LogP contribution in [0, 0.1) is 13.8 Å². The molecule has 0 bridgehead atoms. The van der Waals surface area contributed by atoms with Crippen LogP contribution >= 0.6 is 11.8 Å². The third-order valence-corrected chi connectivity index (χ3v) is 5.25. The molecular formula is C17H31N5S. The van der Waals surface area contributed by atoms with E-state index >= 15 is 0 Å². The minimum Gasteiger partial charge on any atom is -0.357 e. The standard InChI is InChI=1S/C17H31N5S/c1-6-18-16(21-10-11-23-17(4,5)13-21)19-8-7-9-22-15(3)12-14(2)20-22/h12H,6-11,13H2,1-5H3,(H,18,19). The lowest BCUT2D eigenvalue weighted by molar-refractivity contribution is 0.375. The van der Waals surface area contributed by atoms with Crippen LogP contribution in [-0.2, 0) is 6.54 Å². The highest BCUT2D eigenvalue weighted by atomic mass is 32.2. The Morgan fingerprint density at radius 3 is 2.83 bits per heavy atom. The average molecular weight is 338 g/mol. The normalized spacial score (nSPS) is 18.3. The van der Waals surface area contributed by atoms with Gasteiger partial charge in [-0.15, -0.1) is 0 Å². The van der Waals surface area contributed by atoms with Crippen molar-refractivity contribution in [2.45, 2.75) is 52.3 Å². The van der Waals surface area contributed by atoms with E-state index < -0.39 is 0 Å². The van der Waals surface area contributed by atoms with Crippen molar-refractivity contribution >= 4 is 17.7 Å². The van der Waals surface area contributed by atoms with Crippen LogP contribution in [0.2, 0.25) is 0 Å². The first-order chi connectivity index (χ1) is 10.9. The van der Waals surface area contributed by atoms with E-state index in [4.69, 9.17) is 4.99 Å². The number of guanidine groups is 1. The van der Waals surface area contributed by atoms with E-state index in [1.54, 1.807) is 0 Å². The van der Waals surface area contributed by atoms with Crippen molar-refractivity contribution in [2.24, 2.45) is 4.99 Å². The molecule has 1 fully saturated rings. The van der Waals surface area contributed by atoms with Crippen molar-refractivity contribution in [1.29, 1.82) is 0 Å². The average Bonchev–Trinajstić information content (AvgIpc) is 2.79. The van der Waals surface area contributed by atoms with Crippen molar-refractivity contribution in [1.82, 2.24) is 20.0 Å². The van der Waals surface area contributed by atoms with Crippen molar-refractivity contribution in [3.05, 3.63) is 17.5 Å². The predicted octanol–water partition coefficient (Wildman–Crippen LogP) is 2.68. The monoisotopic (exact) mass is 337 g/mol. The van der Waals surface area contributed by atoms with Crippen LogP contribution in [0.4, 0.5) is 0 Å². The fourth-order valence-electron chi connectivity index (χ4n) is 2.93. The molecule has 0 radical (unpaired) electrons. The minimum absolute atomic E-state index is 0.304. The molecule has 1 aromatic heterocycles. The van der Waals surface area contributed by atoms with Crippen LogP contribution in [0.15, 0.2) is 11.1 Å². The molecule has 6 heteroatoms. The zero-order chi connectivity index (χ0) is 16.9. The van der Waals surface area contributed by atoms with Gasteiger partial charge in [0, 0.05) is 48.9 Å². The molecule has 2 rings (SSSR count). The molecule has 0 unspecified atom stereocenters. The van der Waals surface area contributed by atoms with Crippen LogP contribution < -0.4 is 5.32 Å². The van der Waals surface area contributed by atoms with Gasteiger partial charge in [0.1, 0.15) is 0 Å². The van der Waals surface area contributed by atoms with E-state index in [0.717, 1.165) is 50.8 Å². The van der Waals surface area contributed by atoms with Crippen LogP contribution in [0.3, 0.4) is 0 Å². The third-order valence-electron chi connectivity index (χ3n) is 3.95. The summed E-state index contributed by atoms with van der Waals surface area (Å²) in [6.45, 7) is 15.7. The summed E-state index contributed by atoms with van der Waals surface area (Å²) in [4.78, 5) is 7.24. The fourth-order valence-corrected chi connectivity index (χ4v) is 4.04. The van der Waals surface area contributed by atoms with Crippen LogP contribution in [0.5, 0.6) is 0 Å². The van der Waals surface area contributed by atoms with Gasteiger partial charge in [-0.05, 0) is 47.1 Å². The van der Waals surface area contributed by atoms with E-state index in [1.807, 2.05) is 6.92 Å². The molecule has 0 saturated carbocycles. The first kappa shape index (κ1) is 18.2. The van der Waals surface area contributed by atoms with Gasteiger partial charge in [0.25, 0.3) is 0 Å². The lowest BCUT2D eigenvalue weighted by atomic mass is 10.2. The number of rotatable bonds is 5. The zero-order valence-corrected chi connectivity index (χ0v) is 16.0. The van der Waals surface area contributed by atoms with Crippen molar-refractivity contribution in [3.63, 3.8) is 0 Å². The van der Waals surface area contributed by atoms with Gasteiger partial charge in [-0.2, -0.15) is 16.9 Å². The van der Waals surface area contributed by atoms with Gasteiger partial charge in [0.2, 0.25) is 0 Å². The molecule has 0 atom stereocenters. The summed E-state index contributed by atoms with van der Waals surface area (Å²) < 4.78 is 2.39. The Hall–Kier alpha value is -1.17. The zero-order valence-electron chi connectivity index (χ0n) is 15.2. The Bertz CT molecular complexity index is 535. The summed E-state index contributed by atoms with van der Waals surface area (Å²) in [6, 6.07) is 2.13. The van der Waals surface area contributed by atoms with Crippen molar-refractivity contribution in [3.8, 4) is 0 Å². The maximum absolute atomic E-state index is 4.84. The molecule has 1 aliphatic heterocycles. The predicted molar refractivity (Wildman–Crippen MR) is 100 cm³/mol. The molecule has 0 spiro atoms. The first-order valence-electron chi connectivity index (χ1n) is 8.59. The van der Waals surface area contributed by atoms with Gasteiger partial charge >= 0.3 is 0 Å². The van der Waals surface area contributed by atoms with Crippen LogP contribution in [0.25, 0.3) is 0 Å². The third kappa shape index (κ3) is 5.44. The van der Waals surface area contributed by atoms with Gasteiger partial charge in [-0.1, -0.05) is 0 Å². The Labute approximate surface area is 144 Å². The highest BCUT2D eigenvalue weighted by Crippen LogP contribution is 2.29. The van der Waals surface area contributed by atoms with Gasteiger partial charge in [0.05, 0.1) is 5.69 Å². The smallest absolute Gasteiger partial charge is 0.193 e. The summed E-state index contributed by atoms with van der Waals surface area (Å²) in [6.07, 6.45) is 1.02. The number of hydrogen-bond donors (Lipinski definition) is 1. The van der Waals surface area contributed by atoms with Crippen molar-refractivity contribution in [2.75, 3.05) is 31.9 Å². The van der Waals surface area contributed by atoms with E-state index in [9.17, 15) is 0 Å². The van der Waals surface area contributed by atoms with Crippen LogP contribution in [-0.4, -0.2) is 57.3 Å². The molecular weight excluding hydrogens is 306 g/mol. The molecule has 130 valence electrons. The molecule has 1 aliphatic rings. The number of nitrogens with one attached hydrogen (secondary N) is 1. The largest absolute Gasteiger partial charge is 0.357 e. The summed E-state index contributed by atoms with van der Waals surface area (Å²) in [7, 11) is 0. The second kappa shape index (κ2) is 8.08. The topological polar surface area (TPSA) is 45.5 Å². The van der Waals surface area contributed by atoms with Crippen molar-refractivity contribution < 1.29 is 0 Å². The number of aromatic nitrogens is 2. The Balaban J connectivity index is 1.89. The summed E-state index contributed by atoms with van der Waals surface area (Å²) in [5, 5.41) is 7.96. The molecule has 2 heterocycles. The number of aryl methyl sites for hydroxylation is 3. The molecule has 5 nitrogen and oxygen atoms in total. The fraction of sp³-hybridized carbons (Fsp3) is 0.765. The molecule has 0 aromatic carbocycles. The number of thioether (sulfide) groups is 1. The van der Waals surface area contributed by atoms with Gasteiger partial charge in [-0.3, -0.25) is 9.67 Å². The van der Waals surface area contributed by atoms with Gasteiger partial charge < -0.3 is 10.2 Å². The maximum atomic E-state index is 4.84. The molecule has 23 heavy (non-hydrogen) atoms. The van der Waals surface area contributed by atoms with E-state index in [0.29, 0.717) is 4.75 Å². The van der Waals surface area contributed by atoms with Gasteiger partial charge in [-0.25, -0.2) is 0 Å². The molecule has 0 aliphatic carbocycles. The second-order valence-corrected chi connectivity index (χ2v) is 8.57. The SMILES string of the molecule is CCNC(=NCCCn1nc(C)cc1C)N1CCSC(C)(C)C1. The minimum atomic E-state index is 0.304. The molecule has 1 N–H and O–H groups in total. The summed E-state index contributed by atoms with van der Waals surface area (Å²) >= 11 is 2.05. The Kier molecular flexibility index (Phi) is 6.39. The van der Waals surface area contributed by atoms with Crippen LogP contribution in [0.1, 0.15) is 38.6 Å². The molecule has 1 saturated heterocycles.